The molecule has 0 amide bonds. The van der Waals surface area contributed by atoms with E-state index < -0.39 is 0 Å². The van der Waals surface area contributed by atoms with Crippen molar-refractivity contribution in [2.24, 2.45) is 0 Å². The lowest BCUT2D eigenvalue weighted by molar-refractivity contribution is 0.487. The minimum Gasteiger partial charge on any atom is -0.456 e. The highest BCUT2D eigenvalue weighted by Crippen LogP contribution is 2.55. The topological polar surface area (TPSA) is 28.9 Å². The molecule has 2 aliphatic carbocycles. The summed E-state index contributed by atoms with van der Waals surface area (Å²) in [5, 5.41) is 4.38. The first-order valence-electron chi connectivity index (χ1n) is 23.7. The van der Waals surface area contributed by atoms with Gasteiger partial charge in [0.2, 0.25) is 0 Å². The lowest BCUT2D eigenvalue weighted by Gasteiger charge is -2.29. The fourth-order valence-corrected chi connectivity index (χ4v) is 11.9. The molecule has 1 aliphatic heterocycles. The molecule has 0 saturated heterocycles. The first-order valence-corrected chi connectivity index (χ1v) is 23.7. The van der Waals surface area contributed by atoms with Crippen molar-refractivity contribution in [2.75, 3.05) is 9.80 Å². The van der Waals surface area contributed by atoms with Crippen LogP contribution < -0.4 is 14.5 Å². The molecule has 1 aromatic heterocycles. The number of para-hydroxylation sites is 2. The summed E-state index contributed by atoms with van der Waals surface area (Å²) in [6, 6.07) is 74.8. The zero-order valence-electron chi connectivity index (χ0n) is 38.3. The van der Waals surface area contributed by atoms with Crippen LogP contribution in [0.15, 0.2) is 211 Å². The van der Waals surface area contributed by atoms with E-state index in [9.17, 15) is 0 Å². The van der Waals surface area contributed by atoms with Crippen molar-refractivity contribution in [3.63, 3.8) is 0 Å². The fourth-order valence-electron chi connectivity index (χ4n) is 11.9. The van der Waals surface area contributed by atoms with Gasteiger partial charge < -0.3 is 19.0 Å². The highest BCUT2D eigenvalue weighted by atomic mass is 16.5. The molecule has 14 rings (SSSR count). The number of benzene rings is 10. The molecular formula is C64H46N2O2. The second-order valence-corrected chi connectivity index (χ2v) is 19.7. The molecule has 4 heteroatoms. The molecule has 0 fully saturated rings. The van der Waals surface area contributed by atoms with Crippen molar-refractivity contribution in [2.45, 2.75) is 38.5 Å². The van der Waals surface area contributed by atoms with Crippen LogP contribution in [0.2, 0.25) is 0 Å². The normalized spacial score (nSPS) is 14.2. The quantitative estimate of drug-likeness (QED) is 0.166. The summed E-state index contributed by atoms with van der Waals surface area (Å²) in [5.41, 5.74) is 20.7. The number of furan rings is 1. The zero-order valence-corrected chi connectivity index (χ0v) is 38.3. The van der Waals surface area contributed by atoms with E-state index in [1.807, 2.05) is 0 Å². The molecule has 3 aliphatic rings. The highest BCUT2D eigenvalue weighted by molar-refractivity contribution is 6.24. The molecule has 0 unspecified atom stereocenters. The molecule has 324 valence electrons. The minimum absolute atomic E-state index is 0.118. The van der Waals surface area contributed by atoms with Crippen LogP contribution in [0.25, 0.3) is 66.1 Å². The molecule has 2 heterocycles. The van der Waals surface area contributed by atoms with Gasteiger partial charge >= 0.3 is 0 Å². The van der Waals surface area contributed by atoms with Gasteiger partial charge in [-0.25, -0.2) is 0 Å². The van der Waals surface area contributed by atoms with Crippen molar-refractivity contribution < 1.29 is 9.15 Å². The summed E-state index contributed by atoms with van der Waals surface area (Å²) in [5.74, 6) is 1.66. The molecule has 11 aromatic rings. The van der Waals surface area contributed by atoms with Gasteiger partial charge in [-0.1, -0.05) is 137 Å². The van der Waals surface area contributed by atoms with Crippen LogP contribution in [0.4, 0.5) is 34.1 Å². The Kier molecular flexibility index (Phi) is 8.06. The van der Waals surface area contributed by atoms with Gasteiger partial charge in [0.05, 0.1) is 0 Å². The van der Waals surface area contributed by atoms with E-state index in [1.165, 1.54) is 44.5 Å². The number of nitrogens with zero attached hydrogens (tertiary/aromatic N) is 2. The number of hydrogen-bond acceptors (Lipinski definition) is 4. The maximum atomic E-state index is 6.97. The van der Waals surface area contributed by atoms with E-state index in [4.69, 9.17) is 9.15 Å². The van der Waals surface area contributed by atoms with Crippen molar-refractivity contribution in [1.82, 2.24) is 0 Å². The lowest BCUT2D eigenvalue weighted by atomic mass is 9.82. The Balaban J connectivity index is 0.885. The van der Waals surface area contributed by atoms with Gasteiger partial charge in [0, 0.05) is 84.4 Å². The number of rotatable bonds is 6. The first kappa shape index (κ1) is 38.9. The maximum absolute atomic E-state index is 6.97. The van der Waals surface area contributed by atoms with E-state index in [0.717, 1.165) is 89.5 Å². The molecule has 10 aromatic carbocycles. The molecule has 0 saturated carbocycles. The Hall–Kier alpha value is -8.34. The van der Waals surface area contributed by atoms with Crippen molar-refractivity contribution in [3.8, 4) is 44.9 Å². The number of anilines is 6. The fraction of sp³-hybridized carbons (Fsp3) is 0.0938. The van der Waals surface area contributed by atoms with Crippen LogP contribution in [-0.2, 0) is 10.8 Å². The SMILES string of the molecule is CC1(C)c2ccccc2-c2ccc(N(c3ccccc3)c3ccc4c(c3)Oc3cccc5c3c-4cc3oc4cc(N(c6ccccc6)c6ccc7c(c6)C(C)(C)c6ccccc6-7)ccc4c35)cc21. The lowest BCUT2D eigenvalue weighted by Crippen LogP contribution is -2.16. The third kappa shape index (κ3) is 5.49. The molecular weight excluding hydrogens is 829 g/mol. The zero-order chi connectivity index (χ0) is 45.5. The monoisotopic (exact) mass is 874 g/mol. The Morgan fingerprint density at radius 1 is 0.309 bits per heavy atom. The van der Waals surface area contributed by atoms with Crippen molar-refractivity contribution in [1.29, 1.82) is 0 Å². The average molecular weight is 875 g/mol. The van der Waals surface area contributed by atoms with E-state index in [0.29, 0.717) is 0 Å². The van der Waals surface area contributed by atoms with Gasteiger partial charge in [0.25, 0.3) is 0 Å². The molecule has 68 heavy (non-hydrogen) atoms. The summed E-state index contributed by atoms with van der Waals surface area (Å²) in [7, 11) is 0. The Bertz CT molecular complexity index is 3900. The third-order valence-corrected chi connectivity index (χ3v) is 15.2. The van der Waals surface area contributed by atoms with Gasteiger partial charge in [-0.3, -0.25) is 0 Å². The number of ether oxygens (including phenoxy) is 1. The highest BCUT2D eigenvalue weighted by Gasteiger charge is 2.37. The molecule has 0 atom stereocenters. The largest absolute Gasteiger partial charge is 0.456 e. The van der Waals surface area contributed by atoms with Gasteiger partial charge in [0.15, 0.2) is 0 Å². The average Bonchev–Trinajstić information content (AvgIpc) is 3.94. The third-order valence-electron chi connectivity index (χ3n) is 15.2. The Morgan fingerprint density at radius 3 is 1.41 bits per heavy atom. The van der Waals surface area contributed by atoms with E-state index in [2.05, 4.69) is 244 Å². The van der Waals surface area contributed by atoms with Gasteiger partial charge in [0.1, 0.15) is 22.7 Å². The standard InChI is InChI=1S/C64H46N2O2/c1-63(2)53-23-13-11-20-45(53)47-30-26-41(34-55(47)63)65(39-16-7-5-8-17-39)43-28-32-49-52-38-60-61(51-22-15-25-57(62(51)52)67-58(49)36-43)50-33-29-44(37-59(50)68-60)66(40-18-9-6-10-19-40)42-27-31-48-46-21-12-14-24-54(46)64(3,4)56(48)35-42/h5-38H,1-4H3. The van der Waals surface area contributed by atoms with Crippen molar-refractivity contribution >= 4 is 66.8 Å². The van der Waals surface area contributed by atoms with Crippen molar-refractivity contribution in [3.05, 3.63) is 229 Å². The smallest absolute Gasteiger partial charge is 0.137 e. The molecule has 4 nitrogen and oxygen atoms in total. The molecule has 0 bridgehead atoms. The summed E-state index contributed by atoms with van der Waals surface area (Å²) in [6.45, 7) is 9.36. The second kappa shape index (κ2) is 14.1. The maximum Gasteiger partial charge on any atom is 0.137 e. The second-order valence-electron chi connectivity index (χ2n) is 19.7. The molecule has 0 radical (unpaired) electrons. The van der Waals surface area contributed by atoms with E-state index in [1.54, 1.807) is 0 Å². The number of fused-ring (bicyclic) bond motifs is 12. The van der Waals surface area contributed by atoms with Crippen LogP contribution in [-0.4, -0.2) is 0 Å². The number of hydrogen-bond donors (Lipinski definition) is 0. The van der Waals surface area contributed by atoms with Gasteiger partial charge in [-0.15, -0.1) is 0 Å². The van der Waals surface area contributed by atoms with Crippen LogP contribution in [0.1, 0.15) is 49.9 Å². The van der Waals surface area contributed by atoms with E-state index in [-0.39, 0.29) is 10.8 Å². The van der Waals surface area contributed by atoms with Crippen LogP contribution in [0.3, 0.4) is 0 Å². The Morgan fingerprint density at radius 2 is 0.809 bits per heavy atom. The molecule has 0 spiro atoms. The molecule has 0 N–H and O–H groups in total. The van der Waals surface area contributed by atoms with Crippen LogP contribution in [0, 0.1) is 0 Å². The van der Waals surface area contributed by atoms with Crippen LogP contribution >= 0.6 is 0 Å². The summed E-state index contributed by atoms with van der Waals surface area (Å²) < 4.78 is 13.9. The van der Waals surface area contributed by atoms with E-state index >= 15 is 0 Å². The van der Waals surface area contributed by atoms with Gasteiger partial charge in [-0.05, 0) is 135 Å². The van der Waals surface area contributed by atoms with Gasteiger partial charge in [-0.2, -0.15) is 0 Å². The predicted molar refractivity (Wildman–Crippen MR) is 281 cm³/mol. The summed E-state index contributed by atoms with van der Waals surface area (Å²) >= 11 is 0. The summed E-state index contributed by atoms with van der Waals surface area (Å²) in [4.78, 5) is 4.70. The summed E-state index contributed by atoms with van der Waals surface area (Å²) in [6.07, 6.45) is 0. The predicted octanol–water partition coefficient (Wildman–Crippen LogP) is 18.1. The first-order chi connectivity index (χ1) is 33.2. The minimum atomic E-state index is -0.121. The van der Waals surface area contributed by atoms with Crippen LogP contribution in [0.5, 0.6) is 11.5 Å². The Labute approximate surface area is 395 Å².